The average Bonchev–Trinajstić information content (AvgIpc) is 2.69. The van der Waals surface area contributed by atoms with Crippen LogP contribution in [-0.2, 0) is 0 Å². The minimum Gasteiger partial charge on any atom is -0.367 e. The molecular formula is C16H23N3S. The Kier molecular flexibility index (Phi) is 3.44. The zero-order valence-corrected chi connectivity index (χ0v) is 13.6. The van der Waals surface area contributed by atoms with Gasteiger partial charge in [0, 0.05) is 10.9 Å². The van der Waals surface area contributed by atoms with Crippen LogP contribution < -0.4 is 5.32 Å². The van der Waals surface area contributed by atoms with Crippen molar-refractivity contribution in [1.29, 1.82) is 0 Å². The minimum absolute atomic E-state index is 0.508. The maximum Gasteiger partial charge on any atom is 0.138 e. The molecule has 0 saturated heterocycles. The SMILES string of the molecule is Cc1sc2ncnc(NC3CCC(C)(C)CC3)c2c1C. The van der Waals surface area contributed by atoms with Gasteiger partial charge in [0.05, 0.1) is 5.39 Å². The molecule has 20 heavy (non-hydrogen) atoms. The maximum absolute atomic E-state index is 4.50. The molecule has 0 radical (unpaired) electrons. The van der Waals surface area contributed by atoms with E-state index in [-0.39, 0.29) is 0 Å². The molecule has 3 nitrogen and oxygen atoms in total. The molecule has 0 aromatic carbocycles. The number of thiophene rings is 1. The van der Waals surface area contributed by atoms with Gasteiger partial charge >= 0.3 is 0 Å². The van der Waals surface area contributed by atoms with E-state index in [2.05, 4.69) is 43.0 Å². The average molecular weight is 289 g/mol. The molecule has 4 heteroatoms. The fourth-order valence-corrected chi connectivity index (χ4v) is 4.03. The van der Waals surface area contributed by atoms with E-state index < -0.39 is 0 Å². The number of aryl methyl sites for hydroxylation is 2. The summed E-state index contributed by atoms with van der Waals surface area (Å²) in [5.74, 6) is 1.03. The van der Waals surface area contributed by atoms with Gasteiger partial charge in [0.1, 0.15) is 17.0 Å². The number of anilines is 1. The molecule has 2 heterocycles. The third-order valence-electron chi connectivity index (χ3n) is 4.65. The van der Waals surface area contributed by atoms with Crippen LogP contribution in [0.4, 0.5) is 5.82 Å². The Bertz CT molecular complexity index is 620. The first-order chi connectivity index (χ1) is 9.46. The van der Waals surface area contributed by atoms with Crippen LogP contribution in [0.5, 0.6) is 0 Å². The molecule has 2 aromatic heterocycles. The molecule has 0 bridgehead atoms. The van der Waals surface area contributed by atoms with Gasteiger partial charge in [0.2, 0.25) is 0 Å². The predicted octanol–water partition coefficient (Wildman–Crippen LogP) is 4.69. The first-order valence-electron chi connectivity index (χ1n) is 7.43. The Morgan fingerprint density at radius 3 is 2.60 bits per heavy atom. The Labute approximate surface area is 124 Å². The highest BCUT2D eigenvalue weighted by atomic mass is 32.1. The first kappa shape index (κ1) is 13.8. The van der Waals surface area contributed by atoms with Crippen molar-refractivity contribution in [2.24, 2.45) is 5.41 Å². The zero-order chi connectivity index (χ0) is 14.3. The van der Waals surface area contributed by atoms with Crippen LogP contribution >= 0.6 is 11.3 Å². The van der Waals surface area contributed by atoms with Gasteiger partial charge < -0.3 is 5.32 Å². The van der Waals surface area contributed by atoms with Crippen molar-refractivity contribution in [1.82, 2.24) is 9.97 Å². The largest absolute Gasteiger partial charge is 0.367 e. The van der Waals surface area contributed by atoms with Gasteiger partial charge in [0.25, 0.3) is 0 Å². The van der Waals surface area contributed by atoms with E-state index in [1.165, 1.54) is 41.5 Å². The summed E-state index contributed by atoms with van der Waals surface area (Å²) in [7, 11) is 0. The number of hydrogen-bond acceptors (Lipinski definition) is 4. The lowest BCUT2D eigenvalue weighted by molar-refractivity contribution is 0.232. The number of aromatic nitrogens is 2. The van der Waals surface area contributed by atoms with E-state index >= 15 is 0 Å². The highest BCUT2D eigenvalue weighted by Gasteiger charge is 2.27. The summed E-state index contributed by atoms with van der Waals surface area (Å²) in [5.41, 5.74) is 1.83. The van der Waals surface area contributed by atoms with Crippen LogP contribution in [0.3, 0.4) is 0 Å². The van der Waals surface area contributed by atoms with Crippen molar-refractivity contribution in [2.45, 2.75) is 59.4 Å². The van der Waals surface area contributed by atoms with Crippen LogP contribution in [0, 0.1) is 19.3 Å². The third kappa shape index (κ3) is 2.53. The van der Waals surface area contributed by atoms with Gasteiger partial charge in [-0.3, -0.25) is 0 Å². The van der Waals surface area contributed by atoms with Crippen molar-refractivity contribution in [3.05, 3.63) is 16.8 Å². The first-order valence-corrected chi connectivity index (χ1v) is 8.25. The lowest BCUT2D eigenvalue weighted by Crippen LogP contribution is -2.30. The number of hydrogen-bond donors (Lipinski definition) is 1. The maximum atomic E-state index is 4.50. The fourth-order valence-electron chi connectivity index (χ4n) is 3.03. The Balaban J connectivity index is 1.85. The number of fused-ring (bicyclic) bond motifs is 1. The van der Waals surface area contributed by atoms with Crippen molar-refractivity contribution in [3.63, 3.8) is 0 Å². The topological polar surface area (TPSA) is 37.8 Å². The van der Waals surface area contributed by atoms with Crippen LogP contribution in [0.25, 0.3) is 10.2 Å². The van der Waals surface area contributed by atoms with Gasteiger partial charge in [-0.15, -0.1) is 11.3 Å². The molecule has 0 unspecified atom stereocenters. The van der Waals surface area contributed by atoms with E-state index in [9.17, 15) is 0 Å². The molecular weight excluding hydrogens is 266 g/mol. The van der Waals surface area contributed by atoms with E-state index in [1.807, 2.05) is 0 Å². The molecule has 0 amide bonds. The van der Waals surface area contributed by atoms with Crippen LogP contribution in [0.2, 0.25) is 0 Å². The summed E-state index contributed by atoms with van der Waals surface area (Å²) in [6.07, 6.45) is 6.75. The lowest BCUT2D eigenvalue weighted by atomic mass is 9.75. The van der Waals surface area contributed by atoms with Crippen LogP contribution in [0.15, 0.2) is 6.33 Å². The predicted molar refractivity (Wildman–Crippen MR) is 86.5 cm³/mol. The van der Waals surface area contributed by atoms with Crippen LogP contribution in [-0.4, -0.2) is 16.0 Å². The summed E-state index contributed by atoms with van der Waals surface area (Å²) in [6, 6.07) is 0.556. The lowest BCUT2D eigenvalue weighted by Gasteiger charge is -2.34. The molecule has 0 aliphatic heterocycles. The van der Waals surface area contributed by atoms with Crippen molar-refractivity contribution in [3.8, 4) is 0 Å². The molecule has 2 aromatic rings. The standard InChI is InChI=1S/C16H23N3S/c1-10-11(2)20-15-13(10)14(17-9-18-15)19-12-5-7-16(3,4)8-6-12/h9,12H,5-8H2,1-4H3,(H,17,18,19). The van der Waals surface area contributed by atoms with Crippen molar-refractivity contribution >= 4 is 27.4 Å². The van der Waals surface area contributed by atoms with Gasteiger partial charge in [0.15, 0.2) is 0 Å². The Morgan fingerprint density at radius 2 is 1.90 bits per heavy atom. The van der Waals surface area contributed by atoms with Gasteiger partial charge in [-0.05, 0) is 50.5 Å². The quantitative estimate of drug-likeness (QED) is 0.871. The smallest absolute Gasteiger partial charge is 0.138 e. The van der Waals surface area contributed by atoms with Gasteiger partial charge in [-0.25, -0.2) is 9.97 Å². The zero-order valence-electron chi connectivity index (χ0n) is 12.8. The summed E-state index contributed by atoms with van der Waals surface area (Å²) in [5, 5.41) is 4.89. The van der Waals surface area contributed by atoms with Crippen molar-refractivity contribution in [2.75, 3.05) is 5.32 Å². The summed E-state index contributed by atoms with van der Waals surface area (Å²) >= 11 is 1.76. The molecule has 1 fully saturated rings. The normalized spacial score (nSPS) is 19.4. The van der Waals surface area contributed by atoms with Gasteiger partial charge in [-0.2, -0.15) is 0 Å². The van der Waals surface area contributed by atoms with Crippen molar-refractivity contribution < 1.29 is 0 Å². The summed E-state index contributed by atoms with van der Waals surface area (Å²) in [6.45, 7) is 9.08. The van der Waals surface area contributed by atoms with E-state index in [0.717, 1.165) is 10.6 Å². The summed E-state index contributed by atoms with van der Waals surface area (Å²) in [4.78, 5) is 11.3. The summed E-state index contributed by atoms with van der Waals surface area (Å²) < 4.78 is 0. The monoisotopic (exact) mass is 289 g/mol. The molecule has 3 rings (SSSR count). The molecule has 108 valence electrons. The van der Waals surface area contributed by atoms with E-state index in [4.69, 9.17) is 0 Å². The fraction of sp³-hybridized carbons (Fsp3) is 0.625. The van der Waals surface area contributed by atoms with Crippen LogP contribution in [0.1, 0.15) is 50.0 Å². The molecule has 1 aliphatic carbocycles. The number of nitrogens with one attached hydrogen (secondary N) is 1. The molecule has 1 aliphatic rings. The minimum atomic E-state index is 0.508. The number of rotatable bonds is 2. The van der Waals surface area contributed by atoms with E-state index in [0.29, 0.717) is 11.5 Å². The third-order valence-corrected chi connectivity index (χ3v) is 5.76. The molecule has 0 spiro atoms. The second-order valence-electron chi connectivity index (χ2n) is 6.77. The Hall–Kier alpha value is -1.16. The highest BCUT2D eigenvalue weighted by Crippen LogP contribution is 2.38. The second-order valence-corrected chi connectivity index (χ2v) is 7.97. The molecule has 1 N–H and O–H groups in total. The molecule has 1 saturated carbocycles. The van der Waals surface area contributed by atoms with Gasteiger partial charge in [-0.1, -0.05) is 13.8 Å². The second kappa shape index (κ2) is 4.99. The highest BCUT2D eigenvalue weighted by molar-refractivity contribution is 7.18. The Morgan fingerprint density at radius 1 is 1.20 bits per heavy atom. The number of nitrogens with zero attached hydrogens (tertiary/aromatic N) is 2. The molecule has 0 atom stereocenters. The van der Waals surface area contributed by atoms with E-state index in [1.54, 1.807) is 17.7 Å².